The summed E-state index contributed by atoms with van der Waals surface area (Å²) in [7, 11) is 0. The summed E-state index contributed by atoms with van der Waals surface area (Å²) in [5.41, 5.74) is 1.74. The van der Waals surface area contributed by atoms with Gasteiger partial charge in [-0.3, -0.25) is 4.98 Å². The highest BCUT2D eigenvalue weighted by Gasteiger charge is 2.12. The number of nitrogens with zero attached hydrogens (tertiary/aromatic N) is 3. The summed E-state index contributed by atoms with van der Waals surface area (Å²) >= 11 is 0. The number of pyridine rings is 1. The van der Waals surface area contributed by atoms with Crippen molar-refractivity contribution in [1.29, 1.82) is 0 Å². The molecule has 1 N–H and O–H groups in total. The Balaban J connectivity index is 1.95. The monoisotopic (exact) mass is 268 g/mol. The standard InChI is InChI=1S/C15H16N4O/c1-10(2)17-9-13-18-19-15(20-13)12-7-3-5-11-6-4-8-16-14(11)12/h3-8,10,17H,9H2,1-2H3. The van der Waals surface area contributed by atoms with Crippen LogP contribution in [0.15, 0.2) is 40.9 Å². The van der Waals surface area contributed by atoms with Gasteiger partial charge in [0.05, 0.1) is 17.6 Å². The molecule has 0 saturated heterocycles. The molecule has 0 amide bonds. The van der Waals surface area contributed by atoms with Crippen LogP contribution in [-0.4, -0.2) is 21.2 Å². The highest BCUT2D eigenvalue weighted by Crippen LogP contribution is 2.25. The van der Waals surface area contributed by atoms with Crippen molar-refractivity contribution in [3.63, 3.8) is 0 Å². The Morgan fingerprint density at radius 3 is 2.85 bits per heavy atom. The quantitative estimate of drug-likeness (QED) is 0.788. The van der Waals surface area contributed by atoms with Gasteiger partial charge in [0.2, 0.25) is 11.8 Å². The van der Waals surface area contributed by atoms with E-state index in [1.165, 1.54) is 0 Å². The average molecular weight is 268 g/mol. The van der Waals surface area contributed by atoms with Crippen LogP contribution in [0.4, 0.5) is 0 Å². The van der Waals surface area contributed by atoms with Crippen molar-refractivity contribution in [2.24, 2.45) is 0 Å². The van der Waals surface area contributed by atoms with Gasteiger partial charge in [-0.2, -0.15) is 0 Å². The number of fused-ring (bicyclic) bond motifs is 1. The topological polar surface area (TPSA) is 63.8 Å². The summed E-state index contributed by atoms with van der Waals surface area (Å²) in [5, 5.41) is 12.5. The fourth-order valence-corrected chi connectivity index (χ4v) is 2.00. The van der Waals surface area contributed by atoms with Crippen LogP contribution in [-0.2, 0) is 6.54 Å². The first-order valence-electron chi connectivity index (χ1n) is 6.64. The van der Waals surface area contributed by atoms with E-state index in [1.54, 1.807) is 6.20 Å². The number of benzene rings is 1. The van der Waals surface area contributed by atoms with Crippen molar-refractivity contribution in [2.75, 3.05) is 0 Å². The first-order chi connectivity index (χ1) is 9.74. The summed E-state index contributed by atoms with van der Waals surface area (Å²) < 4.78 is 5.70. The van der Waals surface area contributed by atoms with E-state index in [0.29, 0.717) is 24.4 Å². The summed E-state index contributed by atoms with van der Waals surface area (Å²) in [6, 6.07) is 10.2. The lowest BCUT2D eigenvalue weighted by Crippen LogP contribution is -2.21. The number of hydrogen-bond donors (Lipinski definition) is 1. The number of hydrogen-bond acceptors (Lipinski definition) is 5. The Kier molecular flexibility index (Phi) is 3.43. The van der Waals surface area contributed by atoms with Crippen molar-refractivity contribution in [2.45, 2.75) is 26.4 Å². The van der Waals surface area contributed by atoms with E-state index >= 15 is 0 Å². The maximum Gasteiger partial charge on any atom is 0.250 e. The Hall–Kier alpha value is -2.27. The molecule has 2 aromatic heterocycles. The van der Waals surface area contributed by atoms with Gasteiger partial charge in [0.1, 0.15) is 0 Å². The van der Waals surface area contributed by atoms with Gasteiger partial charge in [-0.25, -0.2) is 0 Å². The molecule has 0 aliphatic rings. The van der Waals surface area contributed by atoms with Gasteiger partial charge < -0.3 is 9.73 Å². The molecule has 0 aliphatic carbocycles. The second-order valence-electron chi connectivity index (χ2n) is 4.92. The molecule has 0 radical (unpaired) electrons. The minimum Gasteiger partial charge on any atom is -0.419 e. The fourth-order valence-electron chi connectivity index (χ4n) is 2.00. The number of rotatable bonds is 4. The first kappa shape index (κ1) is 12.7. The molecule has 0 bridgehead atoms. The van der Waals surface area contributed by atoms with Gasteiger partial charge in [0.25, 0.3) is 0 Å². The zero-order chi connectivity index (χ0) is 13.9. The number of para-hydroxylation sites is 1. The molecule has 0 spiro atoms. The van der Waals surface area contributed by atoms with Crippen molar-refractivity contribution in [3.05, 3.63) is 42.4 Å². The average Bonchev–Trinajstić information content (AvgIpc) is 2.93. The van der Waals surface area contributed by atoms with E-state index in [0.717, 1.165) is 16.5 Å². The molecule has 2 heterocycles. The van der Waals surface area contributed by atoms with Crippen LogP contribution in [0.5, 0.6) is 0 Å². The predicted molar refractivity (Wildman–Crippen MR) is 77.0 cm³/mol. The summed E-state index contributed by atoms with van der Waals surface area (Å²) in [6.07, 6.45) is 1.77. The van der Waals surface area contributed by atoms with Gasteiger partial charge in [-0.05, 0) is 12.1 Å². The van der Waals surface area contributed by atoms with E-state index in [2.05, 4.69) is 34.3 Å². The van der Waals surface area contributed by atoms with Crippen molar-refractivity contribution in [1.82, 2.24) is 20.5 Å². The van der Waals surface area contributed by atoms with Gasteiger partial charge in [-0.1, -0.05) is 32.0 Å². The highest BCUT2D eigenvalue weighted by atomic mass is 16.4. The molecule has 5 heteroatoms. The first-order valence-corrected chi connectivity index (χ1v) is 6.64. The van der Waals surface area contributed by atoms with Crippen molar-refractivity contribution < 1.29 is 4.42 Å². The molecule has 0 fully saturated rings. The second kappa shape index (κ2) is 5.38. The van der Waals surface area contributed by atoms with Crippen LogP contribution in [0.1, 0.15) is 19.7 Å². The Labute approximate surface area is 117 Å². The van der Waals surface area contributed by atoms with Crippen molar-refractivity contribution in [3.8, 4) is 11.5 Å². The molecule has 1 aromatic carbocycles. The molecule has 102 valence electrons. The summed E-state index contributed by atoms with van der Waals surface area (Å²) in [5.74, 6) is 1.09. The molecule has 3 rings (SSSR count). The molecule has 0 atom stereocenters. The smallest absolute Gasteiger partial charge is 0.250 e. The molecule has 0 unspecified atom stereocenters. The zero-order valence-corrected chi connectivity index (χ0v) is 11.5. The van der Waals surface area contributed by atoms with E-state index in [4.69, 9.17) is 4.42 Å². The minimum atomic E-state index is 0.379. The zero-order valence-electron chi connectivity index (χ0n) is 11.5. The largest absolute Gasteiger partial charge is 0.419 e. The number of nitrogens with one attached hydrogen (secondary N) is 1. The lowest BCUT2D eigenvalue weighted by molar-refractivity contribution is 0.459. The Morgan fingerprint density at radius 1 is 1.15 bits per heavy atom. The van der Waals surface area contributed by atoms with Crippen LogP contribution in [0.25, 0.3) is 22.4 Å². The van der Waals surface area contributed by atoms with Crippen molar-refractivity contribution >= 4 is 10.9 Å². The molecule has 5 nitrogen and oxygen atoms in total. The molecule has 3 aromatic rings. The predicted octanol–water partition coefficient (Wildman–Crippen LogP) is 2.78. The molecule has 20 heavy (non-hydrogen) atoms. The Bertz CT molecular complexity index is 715. The summed E-state index contributed by atoms with van der Waals surface area (Å²) in [4.78, 5) is 4.40. The van der Waals surface area contributed by atoms with Gasteiger partial charge in [0.15, 0.2) is 0 Å². The summed E-state index contributed by atoms with van der Waals surface area (Å²) in [6.45, 7) is 4.72. The number of aromatic nitrogens is 3. The fraction of sp³-hybridized carbons (Fsp3) is 0.267. The maximum absolute atomic E-state index is 5.70. The Morgan fingerprint density at radius 2 is 2.00 bits per heavy atom. The minimum absolute atomic E-state index is 0.379. The van der Waals surface area contributed by atoms with E-state index in [-0.39, 0.29) is 0 Å². The van der Waals surface area contributed by atoms with E-state index < -0.39 is 0 Å². The molecule has 0 aliphatic heterocycles. The lowest BCUT2D eigenvalue weighted by atomic mass is 10.1. The van der Waals surface area contributed by atoms with Gasteiger partial charge >= 0.3 is 0 Å². The lowest BCUT2D eigenvalue weighted by Gasteiger charge is -2.03. The molecular weight excluding hydrogens is 252 g/mol. The second-order valence-corrected chi connectivity index (χ2v) is 4.92. The SMILES string of the molecule is CC(C)NCc1nnc(-c2cccc3cccnc23)o1. The molecular formula is C15H16N4O. The van der Waals surface area contributed by atoms with Crippen LogP contribution >= 0.6 is 0 Å². The van der Waals surface area contributed by atoms with Crippen LogP contribution in [0.3, 0.4) is 0 Å². The van der Waals surface area contributed by atoms with E-state index in [1.807, 2.05) is 30.3 Å². The highest BCUT2D eigenvalue weighted by molar-refractivity contribution is 5.91. The van der Waals surface area contributed by atoms with Crippen LogP contribution in [0.2, 0.25) is 0 Å². The third kappa shape index (κ3) is 2.53. The molecule has 0 saturated carbocycles. The normalized spacial score (nSPS) is 11.3. The van der Waals surface area contributed by atoms with Gasteiger partial charge in [0, 0.05) is 17.6 Å². The van der Waals surface area contributed by atoms with Gasteiger partial charge in [-0.15, -0.1) is 10.2 Å². The third-order valence-corrected chi connectivity index (χ3v) is 2.99. The van der Waals surface area contributed by atoms with Crippen LogP contribution in [0, 0.1) is 0 Å². The van der Waals surface area contributed by atoms with E-state index in [9.17, 15) is 0 Å². The third-order valence-electron chi connectivity index (χ3n) is 2.99. The van der Waals surface area contributed by atoms with Crippen LogP contribution < -0.4 is 5.32 Å². The maximum atomic E-state index is 5.70.